The first-order valence-electron chi connectivity index (χ1n) is 8.96. The van der Waals surface area contributed by atoms with Crippen molar-refractivity contribution in [1.29, 1.82) is 5.53 Å². The number of imidazole rings is 1. The third-order valence-corrected chi connectivity index (χ3v) is 4.17. The molecular formula is C19H25N5O3. The number of aliphatic hydroxyl groups excluding tert-OH is 1. The number of pyridine rings is 1. The SMILES string of the molecule is CC(C)(C)OC(=O)/C(=C/NCc1cn2cc(C3CC3)cc(CO)c2n1)N=N. The van der Waals surface area contributed by atoms with Crippen LogP contribution < -0.4 is 5.32 Å². The predicted molar refractivity (Wildman–Crippen MR) is 99.0 cm³/mol. The van der Waals surface area contributed by atoms with Gasteiger partial charge in [-0.25, -0.2) is 15.3 Å². The molecule has 0 radical (unpaired) electrons. The molecule has 0 bridgehead atoms. The van der Waals surface area contributed by atoms with E-state index >= 15 is 0 Å². The molecule has 0 unspecified atom stereocenters. The molecule has 0 atom stereocenters. The maximum Gasteiger partial charge on any atom is 0.360 e. The Morgan fingerprint density at radius 3 is 2.81 bits per heavy atom. The topological polar surface area (TPSA) is 112 Å². The Hall–Kier alpha value is -2.74. The molecule has 0 amide bonds. The highest BCUT2D eigenvalue weighted by Crippen LogP contribution is 2.40. The lowest BCUT2D eigenvalue weighted by molar-refractivity contribution is -0.150. The van der Waals surface area contributed by atoms with Crippen molar-refractivity contribution in [3.05, 3.63) is 47.2 Å². The van der Waals surface area contributed by atoms with Crippen LogP contribution in [0.2, 0.25) is 0 Å². The van der Waals surface area contributed by atoms with Crippen LogP contribution in [0.3, 0.4) is 0 Å². The van der Waals surface area contributed by atoms with Crippen molar-refractivity contribution in [2.45, 2.75) is 58.3 Å². The number of carbonyl (C=O) groups is 1. The van der Waals surface area contributed by atoms with E-state index < -0.39 is 11.6 Å². The Labute approximate surface area is 157 Å². The van der Waals surface area contributed by atoms with Gasteiger partial charge in [0, 0.05) is 24.2 Å². The normalized spacial score (nSPS) is 15.0. The van der Waals surface area contributed by atoms with Crippen molar-refractivity contribution in [2.75, 3.05) is 0 Å². The van der Waals surface area contributed by atoms with Gasteiger partial charge in [-0.3, -0.25) is 0 Å². The standard InChI is InChI=1S/C19H25N5O3/c1-19(2,3)27-18(26)16(23-20)8-21-7-15-10-24-9-13(12-4-5-12)6-14(11-25)17(24)22-15/h6,8-10,12,20-21,25H,4-5,7,11H2,1-3H3/b16-8-,23-20?. The summed E-state index contributed by atoms with van der Waals surface area (Å²) >= 11 is 0. The van der Waals surface area contributed by atoms with Crippen LogP contribution in [0.1, 0.15) is 56.4 Å². The molecule has 1 aliphatic rings. The van der Waals surface area contributed by atoms with Crippen LogP contribution in [0.25, 0.3) is 5.65 Å². The Bertz CT molecular complexity index is 891. The minimum Gasteiger partial charge on any atom is -0.455 e. The van der Waals surface area contributed by atoms with E-state index in [0.29, 0.717) is 12.5 Å². The summed E-state index contributed by atoms with van der Waals surface area (Å²) in [5.74, 6) is -0.0710. The second-order valence-electron chi connectivity index (χ2n) is 7.72. The molecule has 27 heavy (non-hydrogen) atoms. The van der Waals surface area contributed by atoms with E-state index in [4.69, 9.17) is 10.3 Å². The van der Waals surface area contributed by atoms with Crippen molar-refractivity contribution >= 4 is 11.6 Å². The smallest absolute Gasteiger partial charge is 0.360 e. The van der Waals surface area contributed by atoms with Crippen molar-refractivity contribution < 1.29 is 14.6 Å². The van der Waals surface area contributed by atoms with Crippen molar-refractivity contribution in [3.8, 4) is 0 Å². The highest BCUT2D eigenvalue weighted by molar-refractivity contribution is 5.88. The zero-order chi connectivity index (χ0) is 19.6. The Morgan fingerprint density at radius 1 is 1.48 bits per heavy atom. The van der Waals surface area contributed by atoms with Gasteiger partial charge in [-0.15, -0.1) is 5.11 Å². The summed E-state index contributed by atoms with van der Waals surface area (Å²) in [6.07, 6.45) is 7.69. The average molecular weight is 371 g/mol. The predicted octanol–water partition coefficient (Wildman–Crippen LogP) is 3.01. The van der Waals surface area contributed by atoms with E-state index in [-0.39, 0.29) is 12.3 Å². The second kappa shape index (κ2) is 7.48. The summed E-state index contributed by atoms with van der Waals surface area (Å²) < 4.78 is 7.14. The highest BCUT2D eigenvalue weighted by Gasteiger charge is 2.25. The fourth-order valence-corrected chi connectivity index (χ4v) is 2.80. The van der Waals surface area contributed by atoms with Gasteiger partial charge in [0.05, 0.1) is 18.8 Å². The number of carbonyl (C=O) groups excluding carboxylic acids is 1. The van der Waals surface area contributed by atoms with Gasteiger partial charge >= 0.3 is 5.97 Å². The van der Waals surface area contributed by atoms with Crippen molar-refractivity contribution in [3.63, 3.8) is 0 Å². The molecule has 1 saturated carbocycles. The molecule has 3 rings (SSSR count). The Morgan fingerprint density at radius 2 is 2.22 bits per heavy atom. The second-order valence-corrected chi connectivity index (χ2v) is 7.72. The number of nitrogens with zero attached hydrogens (tertiary/aromatic N) is 3. The van der Waals surface area contributed by atoms with Gasteiger partial charge in [-0.1, -0.05) is 0 Å². The minimum absolute atomic E-state index is 0.0612. The number of hydrogen-bond acceptors (Lipinski definition) is 7. The molecule has 2 aromatic heterocycles. The molecule has 2 aromatic rings. The number of rotatable bonds is 7. The molecular weight excluding hydrogens is 346 g/mol. The number of aliphatic hydroxyl groups is 1. The number of fused-ring (bicyclic) bond motifs is 1. The zero-order valence-electron chi connectivity index (χ0n) is 15.8. The van der Waals surface area contributed by atoms with E-state index in [1.807, 2.05) is 16.7 Å². The van der Waals surface area contributed by atoms with Crippen LogP contribution in [0.4, 0.5) is 0 Å². The number of hydrogen-bond donors (Lipinski definition) is 3. The van der Waals surface area contributed by atoms with Crippen molar-refractivity contribution in [1.82, 2.24) is 14.7 Å². The third-order valence-electron chi connectivity index (χ3n) is 4.17. The highest BCUT2D eigenvalue weighted by atomic mass is 16.6. The summed E-state index contributed by atoms with van der Waals surface area (Å²) in [4.78, 5) is 16.5. The summed E-state index contributed by atoms with van der Waals surface area (Å²) in [6.45, 7) is 5.56. The van der Waals surface area contributed by atoms with E-state index in [1.54, 1.807) is 20.8 Å². The van der Waals surface area contributed by atoms with Crippen molar-refractivity contribution in [2.24, 2.45) is 5.11 Å². The molecule has 3 N–H and O–H groups in total. The summed E-state index contributed by atoms with van der Waals surface area (Å²) in [5, 5.41) is 15.8. The number of ether oxygens (including phenoxy) is 1. The molecule has 144 valence electrons. The van der Waals surface area contributed by atoms with Crippen LogP contribution in [-0.2, 0) is 22.7 Å². The average Bonchev–Trinajstić information content (AvgIpc) is 3.36. The minimum atomic E-state index is -0.656. The Balaban J connectivity index is 1.72. The maximum atomic E-state index is 12.0. The lowest BCUT2D eigenvalue weighted by Crippen LogP contribution is -2.25. The lowest BCUT2D eigenvalue weighted by atomic mass is 10.1. The van der Waals surface area contributed by atoms with Crippen LogP contribution in [0.5, 0.6) is 0 Å². The summed E-state index contributed by atoms with van der Waals surface area (Å²) in [5.41, 5.74) is 9.90. The first-order chi connectivity index (χ1) is 12.8. The van der Waals surface area contributed by atoms with Crippen LogP contribution >= 0.6 is 0 Å². The van der Waals surface area contributed by atoms with E-state index in [0.717, 1.165) is 16.9 Å². The molecule has 8 heteroatoms. The number of esters is 1. The monoisotopic (exact) mass is 371 g/mol. The number of nitrogens with one attached hydrogen (secondary N) is 2. The van der Waals surface area contributed by atoms with Gasteiger partial charge in [-0.2, -0.15) is 0 Å². The van der Waals surface area contributed by atoms with Gasteiger partial charge in [0.15, 0.2) is 5.70 Å². The summed E-state index contributed by atoms with van der Waals surface area (Å²) in [7, 11) is 0. The first kappa shape index (κ1) is 19.0. The van der Waals surface area contributed by atoms with E-state index in [2.05, 4.69) is 21.6 Å². The Kier molecular flexibility index (Phi) is 5.27. The molecule has 2 heterocycles. The molecule has 8 nitrogen and oxygen atoms in total. The molecule has 1 aliphatic carbocycles. The molecule has 0 aliphatic heterocycles. The molecule has 0 saturated heterocycles. The van der Waals surface area contributed by atoms with Crippen LogP contribution in [0.15, 0.2) is 35.5 Å². The quantitative estimate of drug-likeness (QED) is 0.393. The van der Waals surface area contributed by atoms with E-state index in [9.17, 15) is 9.90 Å². The zero-order valence-corrected chi connectivity index (χ0v) is 15.8. The summed E-state index contributed by atoms with van der Waals surface area (Å²) in [6, 6.07) is 2.02. The van der Waals surface area contributed by atoms with E-state index in [1.165, 1.54) is 24.6 Å². The molecule has 0 spiro atoms. The third kappa shape index (κ3) is 4.71. The molecule has 0 aromatic carbocycles. The first-order valence-corrected chi connectivity index (χ1v) is 8.96. The lowest BCUT2D eigenvalue weighted by Gasteiger charge is -2.19. The van der Waals surface area contributed by atoms with Gasteiger partial charge in [-0.05, 0) is 51.2 Å². The fourth-order valence-electron chi connectivity index (χ4n) is 2.80. The molecule has 1 fully saturated rings. The van der Waals surface area contributed by atoms with Gasteiger partial charge in [0.25, 0.3) is 0 Å². The largest absolute Gasteiger partial charge is 0.455 e. The van der Waals surface area contributed by atoms with Crippen LogP contribution in [-0.4, -0.2) is 26.1 Å². The number of aromatic nitrogens is 2. The van der Waals surface area contributed by atoms with Crippen LogP contribution in [0, 0.1) is 5.53 Å². The fraction of sp³-hybridized carbons (Fsp3) is 0.474. The van der Waals surface area contributed by atoms with Gasteiger partial charge in [0.2, 0.25) is 0 Å². The van der Waals surface area contributed by atoms with Gasteiger partial charge in [0.1, 0.15) is 11.2 Å². The maximum absolute atomic E-state index is 12.0. The van der Waals surface area contributed by atoms with Gasteiger partial charge < -0.3 is 19.6 Å².